The van der Waals surface area contributed by atoms with Crippen LogP contribution in [0.2, 0.25) is 0 Å². The summed E-state index contributed by atoms with van der Waals surface area (Å²) in [4.78, 5) is 27.2. The number of likely N-dealkylation sites (N-methyl/N-ethyl adjacent to an activating group) is 1. The number of carbonyl (C=O) groups is 2. The molecule has 0 aromatic rings. The van der Waals surface area contributed by atoms with Gasteiger partial charge in [-0.3, -0.25) is 4.79 Å². The van der Waals surface area contributed by atoms with Crippen LogP contribution in [0, 0.1) is 11.8 Å². The van der Waals surface area contributed by atoms with E-state index in [2.05, 4.69) is 6.92 Å². The fraction of sp³-hybridized carbons (Fsp3) is 0.857. The van der Waals surface area contributed by atoms with Gasteiger partial charge in [-0.05, 0) is 32.6 Å². The Hall–Kier alpha value is -1.30. The maximum absolute atomic E-state index is 12.6. The van der Waals surface area contributed by atoms with Gasteiger partial charge in [0.1, 0.15) is 5.92 Å². The van der Waals surface area contributed by atoms with E-state index in [1.165, 1.54) is 12.8 Å². The predicted molar refractivity (Wildman–Crippen MR) is 73.5 cm³/mol. The SMILES string of the molecule is CCN(C(=O)N(C)C(C)C1CC1)C1COCC1C(=O)O. The molecule has 2 amide bonds. The van der Waals surface area contributed by atoms with Gasteiger partial charge in [0.2, 0.25) is 0 Å². The van der Waals surface area contributed by atoms with Gasteiger partial charge in [-0.25, -0.2) is 4.79 Å². The minimum Gasteiger partial charge on any atom is -0.481 e. The maximum atomic E-state index is 12.6. The van der Waals surface area contributed by atoms with E-state index < -0.39 is 11.9 Å². The van der Waals surface area contributed by atoms with Crippen molar-refractivity contribution in [1.82, 2.24) is 9.80 Å². The minimum atomic E-state index is -0.892. The monoisotopic (exact) mass is 284 g/mol. The van der Waals surface area contributed by atoms with E-state index in [1.807, 2.05) is 6.92 Å². The van der Waals surface area contributed by atoms with Crippen LogP contribution in [0.4, 0.5) is 4.79 Å². The number of ether oxygens (including phenoxy) is 1. The lowest BCUT2D eigenvalue weighted by Crippen LogP contribution is -2.53. The van der Waals surface area contributed by atoms with E-state index in [0.29, 0.717) is 19.1 Å². The van der Waals surface area contributed by atoms with Gasteiger partial charge in [0.05, 0.1) is 19.3 Å². The summed E-state index contributed by atoms with van der Waals surface area (Å²) in [6.07, 6.45) is 2.35. The number of rotatable bonds is 5. The van der Waals surface area contributed by atoms with E-state index in [0.717, 1.165) is 0 Å². The summed E-state index contributed by atoms with van der Waals surface area (Å²) in [5, 5.41) is 9.22. The molecule has 1 aliphatic carbocycles. The Morgan fingerprint density at radius 3 is 2.50 bits per heavy atom. The van der Waals surface area contributed by atoms with Crippen molar-refractivity contribution < 1.29 is 19.4 Å². The van der Waals surface area contributed by atoms with Crippen molar-refractivity contribution >= 4 is 12.0 Å². The number of amides is 2. The molecule has 1 aliphatic heterocycles. The lowest BCUT2D eigenvalue weighted by Gasteiger charge is -2.35. The van der Waals surface area contributed by atoms with Crippen molar-refractivity contribution in [2.24, 2.45) is 11.8 Å². The normalized spacial score (nSPS) is 27.1. The Kier molecular flexibility index (Phi) is 4.52. The zero-order valence-corrected chi connectivity index (χ0v) is 12.4. The van der Waals surface area contributed by atoms with Gasteiger partial charge in [-0.2, -0.15) is 0 Å². The highest BCUT2D eigenvalue weighted by atomic mass is 16.5. The number of hydrogen-bond donors (Lipinski definition) is 1. The number of hydrogen-bond acceptors (Lipinski definition) is 3. The lowest BCUT2D eigenvalue weighted by atomic mass is 10.0. The van der Waals surface area contributed by atoms with Gasteiger partial charge in [-0.15, -0.1) is 0 Å². The van der Waals surface area contributed by atoms with Crippen molar-refractivity contribution in [1.29, 1.82) is 0 Å². The molecule has 2 fully saturated rings. The number of aliphatic carboxylic acids is 1. The Morgan fingerprint density at radius 2 is 2.00 bits per heavy atom. The molecule has 114 valence electrons. The van der Waals surface area contributed by atoms with Crippen molar-refractivity contribution in [2.75, 3.05) is 26.8 Å². The van der Waals surface area contributed by atoms with Crippen LogP contribution in [0.3, 0.4) is 0 Å². The second-order valence-corrected chi connectivity index (χ2v) is 5.81. The van der Waals surface area contributed by atoms with Gasteiger partial charge < -0.3 is 19.6 Å². The molecular formula is C14H24N2O4. The molecule has 1 saturated carbocycles. The van der Waals surface area contributed by atoms with E-state index in [4.69, 9.17) is 4.74 Å². The number of urea groups is 1. The first-order valence-corrected chi connectivity index (χ1v) is 7.31. The van der Waals surface area contributed by atoms with Crippen molar-refractivity contribution in [2.45, 2.75) is 38.8 Å². The van der Waals surface area contributed by atoms with Crippen molar-refractivity contribution in [3.05, 3.63) is 0 Å². The van der Waals surface area contributed by atoms with Crippen molar-refractivity contribution in [3.63, 3.8) is 0 Å². The van der Waals surface area contributed by atoms with Crippen LogP contribution in [-0.4, -0.2) is 65.8 Å². The quantitative estimate of drug-likeness (QED) is 0.825. The third-order valence-electron chi connectivity index (χ3n) is 4.57. The summed E-state index contributed by atoms with van der Waals surface area (Å²) >= 11 is 0. The Bertz CT molecular complexity index is 383. The minimum absolute atomic E-state index is 0.0892. The summed E-state index contributed by atoms with van der Waals surface area (Å²) in [6.45, 7) is 4.93. The van der Waals surface area contributed by atoms with Gasteiger partial charge >= 0.3 is 12.0 Å². The van der Waals surface area contributed by atoms with E-state index in [1.54, 1.807) is 16.8 Å². The zero-order valence-electron chi connectivity index (χ0n) is 12.4. The molecule has 0 spiro atoms. The van der Waals surface area contributed by atoms with E-state index >= 15 is 0 Å². The van der Waals surface area contributed by atoms with Crippen LogP contribution in [0.5, 0.6) is 0 Å². The molecule has 0 aromatic heterocycles. The second-order valence-electron chi connectivity index (χ2n) is 5.81. The predicted octanol–water partition coefficient (Wildman–Crippen LogP) is 1.26. The Labute approximate surface area is 119 Å². The highest BCUT2D eigenvalue weighted by molar-refractivity contribution is 5.77. The molecule has 6 nitrogen and oxygen atoms in total. The van der Waals surface area contributed by atoms with Crippen LogP contribution >= 0.6 is 0 Å². The fourth-order valence-corrected chi connectivity index (χ4v) is 2.87. The van der Waals surface area contributed by atoms with Crippen LogP contribution < -0.4 is 0 Å². The standard InChI is InChI=1S/C14H24N2O4/c1-4-16(12-8-20-7-11(12)13(17)18)14(19)15(3)9(2)10-5-6-10/h9-12H,4-8H2,1-3H3,(H,17,18). The maximum Gasteiger partial charge on any atom is 0.320 e. The zero-order chi connectivity index (χ0) is 14.9. The number of carbonyl (C=O) groups excluding carboxylic acids is 1. The molecule has 6 heteroatoms. The first-order chi connectivity index (χ1) is 9.47. The summed E-state index contributed by atoms with van der Waals surface area (Å²) in [7, 11) is 1.81. The molecule has 3 atom stereocenters. The average molecular weight is 284 g/mol. The number of nitrogens with zero attached hydrogens (tertiary/aromatic N) is 2. The molecule has 0 bridgehead atoms. The molecule has 2 aliphatic rings. The molecule has 1 N–H and O–H groups in total. The highest BCUT2D eigenvalue weighted by Crippen LogP contribution is 2.35. The lowest BCUT2D eigenvalue weighted by molar-refractivity contribution is -0.142. The summed E-state index contributed by atoms with van der Waals surface area (Å²) in [5.74, 6) is -0.919. The van der Waals surface area contributed by atoms with Crippen LogP contribution in [0.15, 0.2) is 0 Å². The second kappa shape index (κ2) is 5.99. The van der Waals surface area contributed by atoms with Gasteiger partial charge in [-0.1, -0.05) is 0 Å². The van der Waals surface area contributed by atoms with E-state index in [-0.39, 0.29) is 24.7 Å². The number of carboxylic acid groups (broad SMARTS) is 1. The van der Waals surface area contributed by atoms with Crippen LogP contribution in [0.25, 0.3) is 0 Å². The van der Waals surface area contributed by atoms with Gasteiger partial charge in [0, 0.05) is 19.6 Å². The first-order valence-electron chi connectivity index (χ1n) is 7.31. The smallest absolute Gasteiger partial charge is 0.320 e. The topological polar surface area (TPSA) is 70.1 Å². The Morgan fingerprint density at radius 1 is 1.35 bits per heavy atom. The first kappa shape index (κ1) is 15.1. The molecule has 3 unspecified atom stereocenters. The van der Waals surface area contributed by atoms with Crippen LogP contribution in [0.1, 0.15) is 26.7 Å². The summed E-state index contributed by atoms with van der Waals surface area (Å²) in [6, 6.07) is -0.241. The molecule has 2 rings (SSSR count). The van der Waals surface area contributed by atoms with Crippen molar-refractivity contribution in [3.8, 4) is 0 Å². The van der Waals surface area contributed by atoms with Crippen LogP contribution in [-0.2, 0) is 9.53 Å². The Balaban J connectivity index is 2.06. The summed E-state index contributed by atoms with van der Waals surface area (Å²) in [5.41, 5.74) is 0. The molecule has 1 saturated heterocycles. The molecule has 20 heavy (non-hydrogen) atoms. The third-order valence-corrected chi connectivity index (χ3v) is 4.57. The van der Waals surface area contributed by atoms with E-state index in [9.17, 15) is 14.7 Å². The van der Waals surface area contributed by atoms with Gasteiger partial charge in [0.25, 0.3) is 0 Å². The third kappa shape index (κ3) is 2.90. The summed E-state index contributed by atoms with van der Waals surface area (Å²) < 4.78 is 5.27. The molecule has 0 radical (unpaired) electrons. The highest BCUT2D eigenvalue weighted by Gasteiger charge is 2.41. The van der Waals surface area contributed by atoms with Gasteiger partial charge in [0.15, 0.2) is 0 Å². The molecule has 0 aromatic carbocycles. The fourth-order valence-electron chi connectivity index (χ4n) is 2.87. The molecule has 1 heterocycles. The average Bonchev–Trinajstić information content (AvgIpc) is 3.16. The number of carboxylic acids is 1. The largest absolute Gasteiger partial charge is 0.481 e. The molecular weight excluding hydrogens is 260 g/mol.